The average molecular weight is 382 g/mol. The number of amides is 1. The van der Waals surface area contributed by atoms with Crippen LogP contribution in [-0.2, 0) is 4.79 Å². The van der Waals surface area contributed by atoms with Crippen molar-refractivity contribution in [1.82, 2.24) is 9.97 Å². The summed E-state index contributed by atoms with van der Waals surface area (Å²) >= 11 is 6.02. The van der Waals surface area contributed by atoms with E-state index < -0.39 is 0 Å². The molecule has 0 unspecified atom stereocenters. The summed E-state index contributed by atoms with van der Waals surface area (Å²) in [5, 5.41) is 9.92. The van der Waals surface area contributed by atoms with Crippen LogP contribution in [0.4, 0.5) is 28.8 Å². The molecule has 0 fully saturated rings. The Kier molecular flexibility index (Phi) is 5.57. The number of nitrogens with one attached hydrogen (secondary N) is 3. The highest BCUT2D eigenvalue weighted by Crippen LogP contribution is 2.24. The maximum absolute atomic E-state index is 11.2. The van der Waals surface area contributed by atoms with Crippen molar-refractivity contribution in [3.05, 3.63) is 64.8 Å². The summed E-state index contributed by atoms with van der Waals surface area (Å²) in [6.07, 6.45) is 0. The first kappa shape index (κ1) is 18.7. The molecule has 3 rings (SSSR count). The van der Waals surface area contributed by atoms with E-state index in [4.69, 9.17) is 11.6 Å². The summed E-state index contributed by atoms with van der Waals surface area (Å²) in [7, 11) is 0. The van der Waals surface area contributed by atoms with E-state index in [-0.39, 0.29) is 5.91 Å². The number of carbonyl (C=O) groups is 1. The molecule has 0 aliphatic heterocycles. The minimum Gasteiger partial charge on any atom is -0.340 e. The molecule has 6 nitrogen and oxygen atoms in total. The number of aromatic nitrogens is 2. The van der Waals surface area contributed by atoms with Gasteiger partial charge in [-0.05, 0) is 55.8 Å². The fraction of sp³-hybridized carbons (Fsp3) is 0.150. The van der Waals surface area contributed by atoms with Crippen LogP contribution in [0.2, 0.25) is 5.02 Å². The SMILES string of the molecule is CC(=O)Nc1cccc(Nc2nc(C)cc(Nc3ccc(Cl)cc3C)n2)c1. The predicted octanol–water partition coefficient (Wildman–Crippen LogP) is 5.19. The summed E-state index contributed by atoms with van der Waals surface area (Å²) in [6, 6.07) is 14.9. The summed E-state index contributed by atoms with van der Waals surface area (Å²) < 4.78 is 0. The standard InChI is InChI=1S/C20H20ClN5O/c1-12-9-15(21)7-8-18(12)25-19-10-13(2)22-20(26-19)24-17-6-4-5-16(11-17)23-14(3)27/h4-11H,1-3H3,(H,23,27)(H2,22,24,25,26). The first-order chi connectivity index (χ1) is 12.9. The third-order valence-electron chi connectivity index (χ3n) is 3.74. The van der Waals surface area contributed by atoms with Gasteiger partial charge in [0, 0.05) is 40.8 Å². The molecule has 138 valence electrons. The number of hydrogen-bond acceptors (Lipinski definition) is 5. The summed E-state index contributed by atoms with van der Waals surface area (Å²) in [6.45, 7) is 5.36. The minimum atomic E-state index is -0.122. The van der Waals surface area contributed by atoms with Gasteiger partial charge in [-0.1, -0.05) is 17.7 Å². The molecule has 3 N–H and O–H groups in total. The van der Waals surface area contributed by atoms with E-state index in [1.54, 1.807) is 0 Å². The number of halogens is 1. The highest BCUT2D eigenvalue weighted by molar-refractivity contribution is 6.30. The average Bonchev–Trinajstić information content (AvgIpc) is 2.56. The third kappa shape index (κ3) is 5.18. The molecule has 1 heterocycles. The van der Waals surface area contributed by atoms with Gasteiger partial charge in [0.25, 0.3) is 0 Å². The first-order valence-electron chi connectivity index (χ1n) is 8.42. The Labute approximate surface area is 163 Å². The lowest BCUT2D eigenvalue weighted by molar-refractivity contribution is -0.114. The molecule has 3 aromatic rings. The van der Waals surface area contributed by atoms with Crippen LogP contribution in [-0.4, -0.2) is 15.9 Å². The number of rotatable bonds is 5. The maximum Gasteiger partial charge on any atom is 0.229 e. The van der Waals surface area contributed by atoms with Gasteiger partial charge in [0.15, 0.2) is 0 Å². The van der Waals surface area contributed by atoms with Crippen molar-refractivity contribution >= 4 is 46.3 Å². The van der Waals surface area contributed by atoms with Gasteiger partial charge in [-0.15, -0.1) is 0 Å². The second-order valence-corrected chi connectivity index (χ2v) is 6.63. The van der Waals surface area contributed by atoms with Gasteiger partial charge >= 0.3 is 0 Å². The molecule has 0 saturated carbocycles. The molecular weight excluding hydrogens is 362 g/mol. The van der Waals surface area contributed by atoms with E-state index in [2.05, 4.69) is 25.9 Å². The van der Waals surface area contributed by atoms with Crippen molar-refractivity contribution < 1.29 is 4.79 Å². The number of hydrogen-bond donors (Lipinski definition) is 3. The van der Waals surface area contributed by atoms with E-state index in [1.165, 1.54) is 6.92 Å². The molecule has 0 atom stereocenters. The molecule has 2 aromatic carbocycles. The molecule has 0 aliphatic carbocycles. The number of aryl methyl sites for hydroxylation is 2. The zero-order valence-electron chi connectivity index (χ0n) is 15.3. The van der Waals surface area contributed by atoms with E-state index in [9.17, 15) is 4.79 Å². The van der Waals surface area contributed by atoms with Crippen LogP contribution in [0.1, 0.15) is 18.2 Å². The smallest absolute Gasteiger partial charge is 0.229 e. The monoisotopic (exact) mass is 381 g/mol. The van der Waals surface area contributed by atoms with E-state index in [0.29, 0.717) is 22.5 Å². The summed E-state index contributed by atoms with van der Waals surface area (Å²) in [5.41, 5.74) is 4.25. The Morgan fingerprint density at radius 2 is 1.74 bits per heavy atom. The molecule has 1 amide bonds. The number of benzene rings is 2. The lowest BCUT2D eigenvalue weighted by atomic mass is 10.2. The highest BCUT2D eigenvalue weighted by atomic mass is 35.5. The number of nitrogens with zero attached hydrogens (tertiary/aromatic N) is 2. The maximum atomic E-state index is 11.2. The van der Waals surface area contributed by atoms with E-state index >= 15 is 0 Å². The zero-order chi connectivity index (χ0) is 19.4. The predicted molar refractivity (Wildman–Crippen MR) is 110 cm³/mol. The molecule has 7 heteroatoms. The Morgan fingerprint density at radius 3 is 2.48 bits per heavy atom. The van der Waals surface area contributed by atoms with E-state index in [0.717, 1.165) is 22.6 Å². The molecule has 1 aromatic heterocycles. The fourth-order valence-electron chi connectivity index (χ4n) is 2.60. The zero-order valence-corrected chi connectivity index (χ0v) is 16.1. The second-order valence-electron chi connectivity index (χ2n) is 6.19. The van der Waals surface area contributed by atoms with Gasteiger partial charge in [0.2, 0.25) is 11.9 Å². The van der Waals surface area contributed by atoms with Crippen LogP contribution in [0, 0.1) is 13.8 Å². The van der Waals surface area contributed by atoms with Gasteiger partial charge in [-0.2, -0.15) is 4.98 Å². The quantitative estimate of drug-likeness (QED) is 0.566. The topological polar surface area (TPSA) is 78.9 Å². The molecule has 0 spiro atoms. The van der Waals surface area contributed by atoms with Crippen LogP contribution in [0.25, 0.3) is 0 Å². The number of carbonyl (C=O) groups excluding carboxylic acids is 1. The Bertz CT molecular complexity index is 990. The normalized spacial score (nSPS) is 10.4. The van der Waals surface area contributed by atoms with Gasteiger partial charge in [-0.25, -0.2) is 4.98 Å². The highest BCUT2D eigenvalue weighted by Gasteiger charge is 2.06. The lowest BCUT2D eigenvalue weighted by Crippen LogP contribution is -2.06. The molecule has 0 radical (unpaired) electrons. The van der Waals surface area contributed by atoms with Crippen molar-refractivity contribution in [2.24, 2.45) is 0 Å². The van der Waals surface area contributed by atoms with E-state index in [1.807, 2.05) is 62.4 Å². The minimum absolute atomic E-state index is 0.122. The molecule has 0 aliphatic rings. The number of anilines is 5. The fourth-order valence-corrected chi connectivity index (χ4v) is 2.83. The largest absolute Gasteiger partial charge is 0.340 e. The summed E-state index contributed by atoms with van der Waals surface area (Å²) in [5.74, 6) is 1.02. The van der Waals surface area contributed by atoms with Gasteiger partial charge < -0.3 is 16.0 Å². The van der Waals surface area contributed by atoms with Crippen LogP contribution >= 0.6 is 11.6 Å². The third-order valence-corrected chi connectivity index (χ3v) is 3.98. The Balaban J connectivity index is 1.82. The van der Waals surface area contributed by atoms with Gasteiger partial charge in [0.05, 0.1) is 0 Å². The Morgan fingerprint density at radius 1 is 0.963 bits per heavy atom. The van der Waals surface area contributed by atoms with Crippen LogP contribution < -0.4 is 16.0 Å². The summed E-state index contributed by atoms with van der Waals surface area (Å²) in [4.78, 5) is 20.2. The second kappa shape index (κ2) is 8.05. The molecular formula is C20H20ClN5O. The van der Waals surface area contributed by atoms with Crippen molar-refractivity contribution in [1.29, 1.82) is 0 Å². The first-order valence-corrected chi connectivity index (χ1v) is 8.80. The molecule has 0 saturated heterocycles. The van der Waals surface area contributed by atoms with Crippen LogP contribution in [0.5, 0.6) is 0 Å². The van der Waals surface area contributed by atoms with Crippen molar-refractivity contribution in [3.63, 3.8) is 0 Å². The van der Waals surface area contributed by atoms with Crippen LogP contribution in [0.15, 0.2) is 48.5 Å². The lowest BCUT2D eigenvalue weighted by Gasteiger charge is -2.12. The van der Waals surface area contributed by atoms with Gasteiger partial charge in [-0.3, -0.25) is 4.79 Å². The van der Waals surface area contributed by atoms with Crippen LogP contribution in [0.3, 0.4) is 0 Å². The van der Waals surface area contributed by atoms with Gasteiger partial charge in [0.1, 0.15) is 5.82 Å². The molecule has 0 bridgehead atoms. The van der Waals surface area contributed by atoms with Crippen molar-refractivity contribution in [2.75, 3.05) is 16.0 Å². The Hall–Kier alpha value is -3.12. The molecule has 27 heavy (non-hydrogen) atoms. The van der Waals surface area contributed by atoms with Crippen molar-refractivity contribution in [2.45, 2.75) is 20.8 Å². The van der Waals surface area contributed by atoms with Crippen molar-refractivity contribution in [3.8, 4) is 0 Å².